The molecule has 1 fully saturated rings. The molecule has 21 heavy (non-hydrogen) atoms. The van der Waals surface area contributed by atoms with Crippen LogP contribution in [0.2, 0.25) is 0 Å². The number of aromatic nitrogens is 2. The summed E-state index contributed by atoms with van der Waals surface area (Å²) < 4.78 is 4.51. The lowest BCUT2D eigenvalue weighted by Gasteiger charge is -2.30. The summed E-state index contributed by atoms with van der Waals surface area (Å²) in [6.45, 7) is 5.03. The number of aryl methyl sites for hydroxylation is 1. The summed E-state index contributed by atoms with van der Waals surface area (Å²) in [7, 11) is 0. The predicted octanol–water partition coefficient (Wildman–Crippen LogP) is 2.61. The molecule has 112 valence electrons. The van der Waals surface area contributed by atoms with E-state index in [2.05, 4.69) is 40.5 Å². The first-order valence-corrected chi connectivity index (χ1v) is 8.35. The molecule has 0 unspecified atom stereocenters. The van der Waals surface area contributed by atoms with Gasteiger partial charge in [0.15, 0.2) is 0 Å². The minimum atomic E-state index is 0.682. The van der Waals surface area contributed by atoms with Crippen LogP contribution in [-0.2, 0) is 6.42 Å². The molecule has 1 aliphatic heterocycles. The van der Waals surface area contributed by atoms with E-state index in [9.17, 15) is 0 Å². The highest BCUT2D eigenvalue weighted by atomic mass is 32.1. The highest BCUT2D eigenvalue weighted by Gasteiger charge is 2.20. The molecular formula is C16H22N4S. The fourth-order valence-electron chi connectivity index (χ4n) is 2.69. The summed E-state index contributed by atoms with van der Waals surface area (Å²) in [4.78, 5) is 7.05. The first-order chi connectivity index (χ1) is 10.2. The van der Waals surface area contributed by atoms with E-state index in [0.29, 0.717) is 5.92 Å². The largest absolute Gasteiger partial charge is 0.347 e. The lowest BCUT2D eigenvalue weighted by atomic mass is 9.98. The second-order valence-corrected chi connectivity index (χ2v) is 6.55. The standard InChI is InChI=1S/C16H22N4S/c1-12-2-4-13(5-3-12)10-15-18-16(21-19-15)20-8-6-14(11-17)7-9-20/h2-5,14H,6-11,17H2,1H3. The zero-order valence-electron chi connectivity index (χ0n) is 12.5. The number of rotatable bonds is 4. The van der Waals surface area contributed by atoms with Crippen molar-refractivity contribution in [2.75, 3.05) is 24.5 Å². The van der Waals surface area contributed by atoms with Crippen LogP contribution in [0.5, 0.6) is 0 Å². The summed E-state index contributed by atoms with van der Waals surface area (Å²) >= 11 is 1.52. The third-order valence-corrected chi connectivity index (χ3v) is 4.97. The Kier molecular flexibility index (Phi) is 4.51. The molecule has 1 aromatic carbocycles. The molecule has 0 spiro atoms. The molecule has 0 amide bonds. The van der Waals surface area contributed by atoms with E-state index >= 15 is 0 Å². The Bertz CT molecular complexity index is 570. The van der Waals surface area contributed by atoms with Crippen molar-refractivity contribution in [1.82, 2.24) is 9.36 Å². The molecule has 0 atom stereocenters. The number of anilines is 1. The molecule has 3 rings (SSSR count). The van der Waals surface area contributed by atoms with Gasteiger partial charge >= 0.3 is 0 Å². The Labute approximate surface area is 130 Å². The van der Waals surface area contributed by atoms with Crippen LogP contribution in [0.4, 0.5) is 5.13 Å². The van der Waals surface area contributed by atoms with E-state index in [1.165, 1.54) is 35.5 Å². The Morgan fingerprint density at radius 2 is 1.95 bits per heavy atom. The second kappa shape index (κ2) is 6.54. The van der Waals surface area contributed by atoms with Crippen LogP contribution < -0.4 is 10.6 Å². The SMILES string of the molecule is Cc1ccc(Cc2nsc(N3CCC(CN)CC3)n2)cc1. The number of nitrogens with two attached hydrogens (primary N) is 1. The highest BCUT2D eigenvalue weighted by Crippen LogP contribution is 2.24. The average molecular weight is 302 g/mol. The molecule has 0 radical (unpaired) electrons. The molecule has 1 aliphatic rings. The lowest BCUT2D eigenvalue weighted by Crippen LogP contribution is -2.36. The van der Waals surface area contributed by atoms with Gasteiger partial charge in [-0.3, -0.25) is 0 Å². The molecule has 2 N–H and O–H groups in total. The van der Waals surface area contributed by atoms with Crippen molar-refractivity contribution in [1.29, 1.82) is 0 Å². The highest BCUT2D eigenvalue weighted by molar-refractivity contribution is 7.09. The first kappa shape index (κ1) is 14.5. The van der Waals surface area contributed by atoms with E-state index in [4.69, 9.17) is 10.7 Å². The van der Waals surface area contributed by atoms with Crippen molar-refractivity contribution in [2.45, 2.75) is 26.2 Å². The third kappa shape index (κ3) is 3.60. The topological polar surface area (TPSA) is 55.0 Å². The zero-order valence-corrected chi connectivity index (χ0v) is 13.3. The van der Waals surface area contributed by atoms with Crippen molar-refractivity contribution in [3.8, 4) is 0 Å². The maximum atomic E-state index is 5.74. The van der Waals surface area contributed by atoms with Crippen molar-refractivity contribution < 1.29 is 0 Å². The quantitative estimate of drug-likeness (QED) is 0.943. The predicted molar refractivity (Wildman–Crippen MR) is 87.9 cm³/mol. The van der Waals surface area contributed by atoms with Crippen LogP contribution in [-0.4, -0.2) is 29.0 Å². The van der Waals surface area contributed by atoms with E-state index in [1.54, 1.807) is 0 Å². The van der Waals surface area contributed by atoms with Crippen LogP contribution in [0, 0.1) is 12.8 Å². The van der Waals surface area contributed by atoms with Crippen LogP contribution in [0.15, 0.2) is 24.3 Å². The fraction of sp³-hybridized carbons (Fsp3) is 0.500. The second-order valence-electron chi connectivity index (χ2n) is 5.82. The molecule has 5 heteroatoms. The molecule has 2 aromatic rings. The molecule has 0 bridgehead atoms. The van der Waals surface area contributed by atoms with Crippen LogP contribution in [0.25, 0.3) is 0 Å². The van der Waals surface area contributed by atoms with Gasteiger partial charge in [0.05, 0.1) is 0 Å². The van der Waals surface area contributed by atoms with Crippen LogP contribution >= 0.6 is 11.5 Å². The normalized spacial score (nSPS) is 16.4. The van der Waals surface area contributed by atoms with Crippen molar-refractivity contribution in [3.63, 3.8) is 0 Å². The van der Waals surface area contributed by atoms with E-state index in [1.807, 2.05) is 0 Å². The minimum Gasteiger partial charge on any atom is -0.347 e. The Morgan fingerprint density at radius 1 is 1.24 bits per heavy atom. The van der Waals surface area contributed by atoms with Gasteiger partial charge in [0.2, 0.25) is 5.13 Å². The van der Waals surface area contributed by atoms with Gasteiger partial charge in [0.1, 0.15) is 5.82 Å². The number of piperidine rings is 1. The molecule has 0 saturated carbocycles. The van der Waals surface area contributed by atoms with Crippen molar-refractivity contribution in [2.24, 2.45) is 11.7 Å². The van der Waals surface area contributed by atoms with Gasteiger partial charge in [-0.2, -0.15) is 4.37 Å². The molecule has 0 aliphatic carbocycles. The number of nitrogens with zero attached hydrogens (tertiary/aromatic N) is 3. The van der Waals surface area contributed by atoms with Gasteiger partial charge in [-0.1, -0.05) is 29.8 Å². The maximum absolute atomic E-state index is 5.74. The summed E-state index contributed by atoms with van der Waals surface area (Å²) in [5, 5.41) is 1.06. The summed E-state index contributed by atoms with van der Waals surface area (Å²) in [5.41, 5.74) is 8.30. The molecule has 1 aromatic heterocycles. The summed E-state index contributed by atoms with van der Waals surface area (Å²) in [5.74, 6) is 1.61. The Hall–Kier alpha value is -1.46. The summed E-state index contributed by atoms with van der Waals surface area (Å²) in [6.07, 6.45) is 3.16. The van der Waals surface area contributed by atoms with Crippen molar-refractivity contribution in [3.05, 3.63) is 41.2 Å². The first-order valence-electron chi connectivity index (χ1n) is 7.58. The summed E-state index contributed by atoms with van der Waals surface area (Å²) in [6, 6.07) is 8.59. The number of hydrogen-bond acceptors (Lipinski definition) is 5. The minimum absolute atomic E-state index is 0.682. The van der Waals surface area contributed by atoms with E-state index < -0.39 is 0 Å². The van der Waals surface area contributed by atoms with Gasteiger partial charge in [0.25, 0.3) is 0 Å². The molecule has 1 saturated heterocycles. The maximum Gasteiger partial charge on any atom is 0.205 e. The Morgan fingerprint density at radius 3 is 2.62 bits per heavy atom. The number of hydrogen-bond donors (Lipinski definition) is 1. The Balaban J connectivity index is 1.62. The molecule has 2 heterocycles. The molecule has 4 nitrogen and oxygen atoms in total. The average Bonchev–Trinajstić information content (AvgIpc) is 2.98. The van der Waals surface area contributed by atoms with E-state index in [0.717, 1.165) is 37.0 Å². The van der Waals surface area contributed by atoms with Crippen LogP contribution in [0.3, 0.4) is 0 Å². The fourth-order valence-corrected chi connectivity index (χ4v) is 3.43. The number of benzene rings is 1. The third-order valence-electron chi connectivity index (χ3n) is 4.16. The van der Waals surface area contributed by atoms with E-state index in [-0.39, 0.29) is 0 Å². The monoisotopic (exact) mass is 302 g/mol. The van der Waals surface area contributed by atoms with Gasteiger partial charge in [-0.05, 0) is 37.8 Å². The van der Waals surface area contributed by atoms with Crippen molar-refractivity contribution >= 4 is 16.7 Å². The van der Waals surface area contributed by atoms with Gasteiger partial charge in [0, 0.05) is 31.0 Å². The van der Waals surface area contributed by atoms with Gasteiger partial charge < -0.3 is 10.6 Å². The molecular weight excluding hydrogens is 280 g/mol. The smallest absolute Gasteiger partial charge is 0.205 e. The lowest BCUT2D eigenvalue weighted by molar-refractivity contribution is 0.414. The zero-order chi connectivity index (χ0) is 14.7. The van der Waals surface area contributed by atoms with Gasteiger partial charge in [-0.15, -0.1) is 0 Å². The van der Waals surface area contributed by atoms with Gasteiger partial charge in [-0.25, -0.2) is 4.98 Å². The van der Waals surface area contributed by atoms with Crippen LogP contribution in [0.1, 0.15) is 29.8 Å².